The van der Waals surface area contributed by atoms with Gasteiger partial charge in [0, 0.05) is 0 Å². The topological polar surface area (TPSA) is 52.3 Å². The molecule has 0 aliphatic rings. The first-order valence-corrected chi connectivity index (χ1v) is 6.43. The van der Waals surface area contributed by atoms with Gasteiger partial charge in [-0.3, -0.25) is 4.79 Å². The molecule has 0 spiro atoms. The molecule has 100 valence electrons. The second-order valence-electron chi connectivity index (χ2n) is 5.42. The van der Waals surface area contributed by atoms with Crippen LogP contribution in [0.25, 0.3) is 0 Å². The van der Waals surface area contributed by atoms with Crippen molar-refractivity contribution in [1.29, 1.82) is 0 Å². The molecule has 1 aromatic rings. The molecule has 0 aliphatic heterocycles. The van der Waals surface area contributed by atoms with Gasteiger partial charge < -0.3 is 10.5 Å². The highest BCUT2D eigenvalue weighted by atomic mass is 16.5. The van der Waals surface area contributed by atoms with E-state index in [0.717, 1.165) is 12.2 Å². The summed E-state index contributed by atoms with van der Waals surface area (Å²) in [6.45, 7) is 8.60. The van der Waals surface area contributed by atoms with Gasteiger partial charge in [-0.2, -0.15) is 0 Å². The van der Waals surface area contributed by atoms with E-state index in [0.29, 0.717) is 11.8 Å². The summed E-state index contributed by atoms with van der Waals surface area (Å²) in [5, 5.41) is 0. The lowest BCUT2D eigenvalue weighted by Gasteiger charge is -2.13. The number of ether oxygens (including phenoxy) is 1. The fourth-order valence-corrected chi connectivity index (χ4v) is 1.85. The molecule has 1 amide bonds. The van der Waals surface area contributed by atoms with Gasteiger partial charge in [0.05, 0.1) is 0 Å². The molecule has 1 rings (SSSR count). The number of rotatable bonds is 6. The third kappa shape index (κ3) is 4.78. The van der Waals surface area contributed by atoms with Gasteiger partial charge in [-0.15, -0.1) is 0 Å². The summed E-state index contributed by atoms with van der Waals surface area (Å²) in [5.41, 5.74) is 7.57. The standard InChI is InChI=1S/C15H23NO2/c1-10(2)5-12-6-13(11(3)4)8-14(7-12)18-9-15(16)17/h6-8,10-11H,5,9H2,1-4H3,(H2,16,17). The molecule has 0 unspecified atom stereocenters. The summed E-state index contributed by atoms with van der Waals surface area (Å²) < 4.78 is 5.41. The molecule has 0 radical (unpaired) electrons. The lowest BCUT2D eigenvalue weighted by Crippen LogP contribution is -2.20. The molecule has 0 saturated heterocycles. The second kappa shape index (κ2) is 6.43. The van der Waals surface area contributed by atoms with Gasteiger partial charge in [-0.25, -0.2) is 0 Å². The summed E-state index contributed by atoms with van der Waals surface area (Å²) in [6.07, 6.45) is 1.01. The number of nitrogens with two attached hydrogens (primary N) is 1. The van der Waals surface area contributed by atoms with Gasteiger partial charge in [0.2, 0.25) is 0 Å². The van der Waals surface area contributed by atoms with E-state index in [1.165, 1.54) is 11.1 Å². The molecule has 1 aromatic carbocycles. The van der Waals surface area contributed by atoms with Crippen LogP contribution in [0.5, 0.6) is 5.75 Å². The zero-order valence-electron chi connectivity index (χ0n) is 11.7. The van der Waals surface area contributed by atoms with Crippen LogP contribution in [-0.2, 0) is 11.2 Å². The zero-order chi connectivity index (χ0) is 13.7. The van der Waals surface area contributed by atoms with Crippen molar-refractivity contribution in [2.24, 2.45) is 11.7 Å². The van der Waals surface area contributed by atoms with Crippen LogP contribution >= 0.6 is 0 Å². The van der Waals surface area contributed by atoms with Crippen molar-refractivity contribution in [3.63, 3.8) is 0 Å². The van der Waals surface area contributed by atoms with E-state index in [1.54, 1.807) is 0 Å². The summed E-state index contributed by atoms with van der Waals surface area (Å²) in [6, 6.07) is 6.19. The van der Waals surface area contributed by atoms with Gasteiger partial charge in [0.15, 0.2) is 6.61 Å². The Labute approximate surface area is 109 Å². The van der Waals surface area contributed by atoms with Gasteiger partial charge in [-0.1, -0.05) is 33.8 Å². The first-order chi connectivity index (χ1) is 8.38. The number of carbonyl (C=O) groups is 1. The van der Waals surface area contributed by atoms with Crippen LogP contribution in [0, 0.1) is 5.92 Å². The van der Waals surface area contributed by atoms with E-state index >= 15 is 0 Å². The molecule has 2 N–H and O–H groups in total. The van der Waals surface area contributed by atoms with E-state index in [1.807, 2.05) is 12.1 Å². The van der Waals surface area contributed by atoms with Gasteiger partial charge >= 0.3 is 0 Å². The fraction of sp³-hybridized carbons (Fsp3) is 0.533. The quantitative estimate of drug-likeness (QED) is 0.842. The molecule has 3 nitrogen and oxygen atoms in total. The van der Waals surface area contributed by atoms with Crippen LogP contribution in [0.2, 0.25) is 0 Å². The maximum atomic E-state index is 10.8. The average Bonchev–Trinajstić information content (AvgIpc) is 2.25. The second-order valence-corrected chi connectivity index (χ2v) is 5.42. The third-order valence-corrected chi connectivity index (χ3v) is 2.68. The number of carbonyl (C=O) groups excluding carboxylic acids is 1. The molecule has 3 heteroatoms. The monoisotopic (exact) mass is 249 g/mol. The van der Waals surface area contributed by atoms with Crippen molar-refractivity contribution in [2.45, 2.75) is 40.0 Å². The van der Waals surface area contributed by atoms with Crippen molar-refractivity contribution in [3.05, 3.63) is 29.3 Å². The highest BCUT2D eigenvalue weighted by molar-refractivity contribution is 5.75. The van der Waals surface area contributed by atoms with Gasteiger partial charge in [0.25, 0.3) is 5.91 Å². The van der Waals surface area contributed by atoms with Gasteiger partial charge in [-0.05, 0) is 41.5 Å². The number of amides is 1. The molecule has 0 aromatic heterocycles. The summed E-state index contributed by atoms with van der Waals surface area (Å²) in [5.74, 6) is 1.32. The molecular formula is C15H23NO2. The van der Waals surface area contributed by atoms with Crippen molar-refractivity contribution < 1.29 is 9.53 Å². The summed E-state index contributed by atoms with van der Waals surface area (Å²) in [7, 11) is 0. The molecule has 0 saturated carbocycles. The first kappa shape index (κ1) is 14.6. The Bertz CT molecular complexity index is 411. The first-order valence-electron chi connectivity index (χ1n) is 6.43. The summed E-state index contributed by atoms with van der Waals surface area (Å²) >= 11 is 0. The van der Waals surface area contributed by atoms with Crippen LogP contribution in [-0.4, -0.2) is 12.5 Å². The van der Waals surface area contributed by atoms with Crippen molar-refractivity contribution in [1.82, 2.24) is 0 Å². The number of primary amides is 1. The maximum absolute atomic E-state index is 10.8. The van der Waals surface area contributed by atoms with E-state index in [2.05, 4.69) is 33.8 Å². The van der Waals surface area contributed by atoms with Crippen LogP contribution in [0.3, 0.4) is 0 Å². The fourth-order valence-electron chi connectivity index (χ4n) is 1.85. The van der Waals surface area contributed by atoms with Crippen LogP contribution in [0.4, 0.5) is 0 Å². The Hall–Kier alpha value is -1.51. The number of benzene rings is 1. The predicted octanol–water partition coefficient (Wildman–Crippen LogP) is 2.87. The smallest absolute Gasteiger partial charge is 0.255 e. The maximum Gasteiger partial charge on any atom is 0.255 e. The SMILES string of the molecule is CC(C)Cc1cc(OCC(N)=O)cc(C(C)C)c1. The lowest BCUT2D eigenvalue weighted by atomic mass is 9.96. The van der Waals surface area contributed by atoms with Crippen molar-refractivity contribution >= 4 is 5.91 Å². The van der Waals surface area contributed by atoms with E-state index in [4.69, 9.17) is 10.5 Å². The third-order valence-electron chi connectivity index (χ3n) is 2.68. The Kier molecular flexibility index (Phi) is 5.20. The van der Waals surface area contributed by atoms with E-state index in [-0.39, 0.29) is 6.61 Å². The Morgan fingerprint density at radius 2 is 1.89 bits per heavy atom. The van der Waals surface area contributed by atoms with Crippen LogP contribution in [0.1, 0.15) is 44.7 Å². The molecule has 18 heavy (non-hydrogen) atoms. The lowest BCUT2D eigenvalue weighted by molar-refractivity contribution is -0.119. The van der Waals surface area contributed by atoms with Gasteiger partial charge in [0.1, 0.15) is 5.75 Å². The Morgan fingerprint density at radius 1 is 1.22 bits per heavy atom. The molecule has 0 heterocycles. The van der Waals surface area contributed by atoms with Crippen molar-refractivity contribution in [3.8, 4) is 5.75 Å². The predicted molar refractivity (Wildman–Crippen MR) is 73.8 cm³/mol. The Morgan fingerprint density at radius 3 is 2.39 bits per heavy atom. The normalized spacial score (nSPS) is 11.0. The minimum atomic E-state index is -0.449. The van der Waals surface area contributed by atoms with Crippen LogP contribution in [0.15, 0.2) is 18.2 Å². The molecule has 0 atom stereocenters. The minimum Gasteiger partial charge on any atom is -0.484 e. The van der Waals surface area contributed by atoms with E-state index in [9.17, 15) is 4.79 Å². The zero-order valence-corrected chi connectivity index (χ0v) is 11.7. The van der Waals surface area contributed by atoms with Crippen LogP contribution < -0.4 is 10.5 Å². The largest absolute Gasteiger partial charge is 0.484 e. The average molecular weight is 249 g/mol. The van der Waals surface area contributed by atoms with Crippen molar-refractivity contribution in [2.75, 3.05) is 6.61 Å². The molecule has 0 bridgehead atoms. The summed E-state index contributed by atoms with van der Waals surface area (Å²) in [4.78, 5) is 10.8. The highest BCUT2D eigenvalue weighted by Gasteiger charge is 2.07. The number of hydrogen-bond donors (Lipinski definition) is 1. The molecular weight excluding hydrogens is 226 g/mol. The molecule has 0 aliphatic carbocycles. The molecule has 0 fully saturated rings. The minimum absolute atomic E-state index is 0.0668. The van der Waals surface area contributed by atoms with E-state index < -0.39 is 5.91 Å². The highest BCUT2D eigenvalue weighted by Crippen LogP contribution is 2.24. The number of hydrogen-bond acceptors (Lipinski definition) is 2. The Balaban J connectivity index is 2.94.